The molecule has 1 aromatic rings. The van der Waals surface area contributed by atoms with Crippen LogP contribution in [0.15, 0.2) is 52.0 Å². The average Bonchev–Trinajstić information content (AvgIpc) is 3.56. The minimum Gasteiger partial charge on any atom is -0.445 e. The Labute approximate surface area is 178 Å². The number of rotatable bonds is 3. The minimum absolute atomic E-state index is 0.148. The van der Waals surface area contributed by atoms with E-state index in [4.69, 9.17) is 15.4 Å². The lowest BCUT2D eigenvalue weighted by molar-refractivity contribution is -0.00365. The van der Waals surface area contributed by atoms with Gasteiger partial charge in [-0.3, -0.25) is 4.99 Å². The molecule has 0 spiro atoms. The number of nitrogens with two attached hydrogens (primary N) is 1. The molecule has 4 rings (SSSR count). The molecule has 3 aliphatic rings. The number of hydrogen-bond acceptors (Lipinski definition) is 7. The predicted octanol–water partition coefficient (Wildman–Crippen LogP) is 3.92. The van der Waals surface area contributed by atoms with Gasteiger partial charge in [-0.1, -0.05) is 31.9 Å². The largest absolute Gasteiger partial charge is 0.445 e. The molecule has 160 valence electrons. The molecule has 7 nitrogen and oxygen atoms in total. The van der Waals surface area contributed by atoms with Crippen LogP contribution in [0, 0.1) is 17.2 Å². The zero-order valence-electron chi connectivity index (χ0n) is 18.2. The van der Waals surface area contributed by atoms with Gasteiger partial charge in [0.05, 0.1) is 11.6 Å². The minimum atomic E-state index is -0.299. The Morgan fingerprint density at radius 2 is 1.97 bits per heavy atom. The normalized spacial score (nSPS) is 22.2. The molecular formula is C23H31N5O2. The van der Waals surface area contributed by atoms with Gasteiger partial charge in [0.25, 0.3) is 0 Å². The van der Waals surface area contributed by atoms with E-state index in [2.05, 4.69) is 23.5 Å². The van der Waals surface area contributed by atoms with Crippen LogP contribution in [0.1, 0.15) is 51.5 Å². The van der Waals surface area contributed by atoms with Gasteiger partial charge in [-0.15, -0.1) is 0 Å². The maximum atomic E-state index is 9.64. The third-order valence-corrected chi connectivity index (χ3v) is 5.53. The van der Waals surface area contributed by atoms with Crippen LogP contribution in [-0.2, 0) is 9.68 Å². The molecule has 0 aromatic heterocycles. The lowest BCUT2D eigenvalue weighted by Gasteiger charge is -2.30. The van der Waals surface area contributed by atoms with Gasteiger partial charge < -0.3 is 10.5 Å². The quantitative estimate of drug-likeness (QED) is 0.735. The highest BCUT2D eigenvalue weighted by Crippen LogP contribution is 2.40. The lowest BCUT2D eigenvalue weighted by Crippen LogP contribution is -2.39. The standard InChI is InChI=1S/C19H23N5O2.C4H8/c1-12(22-3)17-13(2)25-19(21)16(11-20)18(17)14-5-7-15(8-6-14)24-10-4-9-23-26-24;1-4-2-3-4/h5-8,18,23H,4,9-10,21H2,1-3H3;4H,2-3H2,1H3. The smallest absolute Gasteiger partial charge is 0.205 e. The van der Waals surface area contributed by atoms with Crippen molar-refractivity contribution in [3.8, 4) is 6.07 Å². The first-order valence-electron chi connectivity index (χ1n) is 10.5. The summed E-state index contributed by atoms with van der Waals surface area (Å²) in [6, 6.07) is 10.1. The summed E-state index contributed by atoms with van der Waals surface area (Å²) >= 11 is 0. The molecule has 0 radical (unpaired) electrons. The third kappa shape index (κ3) is 5.02. The maximum Gasteiger partial charge on any atom is 0.205 e. The summed E-state index contributed by atoms with van der Waals surface area (Å²) in [5, 5.41) is 11.5. The number of allylic oxidation sites excluding steroid dienone is 3. The molecule has 0 amide bonds. The zero-order chi connectivity index (χ0) is 21.7. The molecule has 1 aromatic carbocycles. The van der Waals surface area contributed by atoms with Crippen LogP contribution in [-0.4, -0.2) is 25.8 Å². The number of benzene rings is 1. The highest BCUT2D eigenvalue weighted by Gasteiger charge is 2.32. The summed E-state index contributed by atoms with van der Waals surface area (Å²) < 4.78 is 5.59. The Morgan fingerprint density at radius 1 is 1.30 bits per heavy atom. The van der Waals surface area contributed by atoms with Gasteiger partial charge in [0, 0.05) is 31.4 Å². The Morgan fingerprint density at radius 3 is 2.47 bits per heavy atom. The van der Waals surface area contributed by atoms with Gasteiger partial charge in [0.2, 0.25) is 5.88 Å². The molecule has 0 bridgehead atoms. The molecule has 2 fully saturated rings. The summed E-state index contributed by atoms with van der Waals surface area (Å²) in [6.07, 6.45) is 3.98. The van der Waals surface area contributed by atoms with Gasteiger partial charge in [-0.25, -0.2) is 5.06 Å². The van der Waals surface area contributed by atoms with E-state index in [-0.39, 0.29) is 11.8 Å². The summed E-state index contributed by atoms with van der Waals surface area (Å²) in [6.45, 7) is 7.70. The number of anilines is 1. The van der Waals surface area contributed by atoms with Crippen molar-refractivity contribution < 1.29 is 9.68 Å². The molecule has 1 aliphatic carbocycles. The monoisotopic (exact) mass is 409 g/mol. The fraction of sp³-hybridized carbons (Fsp3) is 0.478. The summed E-state index contributed by atoms with van der Waals surface area (Å²) in [5.41, 5.74) is 12.9. The van der Waals surface area contributed by atoms with Crippen molar-refractivity contribution in [2.75, 3.05) is 25.2 Å². The Kier molecular flexibility index (Phi) is 7.14. The fourth-order valence-electron chi connectivity index (χ4n) is 3.45. The Balaban J connectivity index is 0.000000572. The second-order valence-corrected chi connectivity index (χ2v) is 7.92. The summed E-state index contributed by atoms with van der Waals surface area (Å²) in [7, 11) is 1.73. The highest BCUT2D eigenvalue weighted by molar-refractivity contribution is 6.01. The van der Waals surface area contributed by atoms with E-state index in [1.54, 1.807) is 7.05 Å². The van der Waals surface area contributed by atoms with Gasteiger partial charge in [-0.05, 0) is 43.9 Å². The zero-order valence-corrected chi connectivity index (χ0v) is 18.2. The second kappa shape index (κ2) is 9.79. The van der Waals surface area contributed by atoms with Crippen molar-refractivity contribution >= 4 is 11.4 Å². The average molecular weight is 410 g/mol. The van der Waals surface area contributed by atoms with Crippen LogP contribution in [0.4, 0.5) is 5.69 Å². The first kappa shape index (κ1) is 21.9. The molecule has 3 N–H and O–H groups in total. The number of hydrogen-bond donors (Lipinski definition) is 2. The number of nitrogens with zero attached hydrogens (tertiary/aromatic N) is 3. The Bertz CT molecular complexity index is 885. The van der Waals surface area contributed by atoms with Crippen molar-refractivity contribution in [3.63, 3.8) is 0 Å². The SMILES string of the molecule is CC1CC1.CN=C(C)C1=C(C)OC(N)=C(C#N)C1c1ccc(N2CCCNO2)cc1. The van der Waals surface area contributed by atoms with Crippen LogP contribution in [0.2, 0.25) is 0 Å². The van der Waals surface area contributed by atoms with Crippen LogP contribution in [0.3, 0.4) is 0 Å². The first-order valence-corrected chi connectivity index (χ1v) is 10.5. The van der Waals surface area contributed by atoms with Crippen LogP contribution in [0.25, 0.3) is 0 Å². The summed E-state index contributed by atoms with van der Waals surface area (Å²) in [5.74, 6) is 1.60. The highest BCUT2D eigenvalue weighted by atomic mass is 16.8. The van der Waals surface area contributed by atoms with E-state index in [1.807, 2.05) is 43.2 Å². The summed E-state index contributed by atoms with van der Waals surface area (Å²) in [4.78, 5) is 9.75. The maximum absolute atomic E-state index is 9.64. The topological polar surface area (TPSA) is 95.9 Å². The van der Waals surface area contributed by atoms with Crippen LogP contribution >= 0.6 is 0 Å². The molecule has 1 saturated heterocycles. The lowest BCUT2D eigenvalue weighted by atomic mass is 9.81. The van der Waals surface area contributed by atoms with E-state index in [0.717, 1.165) is 48.0 Å². The van der Waals surface area contributed by atoms with E-state index in [9.17, 15) is 5.26 Å². The molecule has 30 heavy (non-hydrogen) atoms. The number of aliphatic imine (C=N–C) groups is 1. The van der Waals surface area contributed by atoms with Gasteiger partial charge >= 0.3 is 0 Å². The van der Waals surface area contributed by atoms with Crippen molar-refractivity contribution in [3.05, 3.63) is 52.6 Å². The van der Waals surface area contributed by atoms with Crippen LogP contribution in [0.5, 0.6) is 0 Å². The first-order chi connectivity index (χ1) is 14.5. The number of nitrogens with one attached hydrogen (secondary N) is 1. The van der Waals surface area contributed by atoms with Gasteiger partial charge in [-0.2, -0.15) is 15.7 Å². The van der Waals surface area contributed by atoms with Crippen molar-refractivity contribution in [1.29, 1.82) is 5.26 Å². The number of ether oxygens (including phenoxy) is 1. The van der Waals surface area contributed by atoms with E-state index < -0.39 is 0 Å². The van der Waals surface area contributed by atoms with E-state index in [1.165, 1.54) is 12.8 Å². The molecule has 1 unspecified atom stereocenters. The van der Waals surface area contributed by atoms with Crippen molar-refractivity contribution in [2.45, 2.75) is 46.0 Å². The molecule has 2 aliphatic heterocycles. The van der Waals surface area contributed by atoms with Crippen molar-refractivity contribution in [2.24, 2.45) is 16.6 Å². The van der Waals surface area contributed by atoms with E-state index >= 15 is 0 Å². The van der Waals surface area contributed by atoms with Gasteiger partial charge in [0.1, 0.15) is 17.4 Å². The number of nitriles is 1. The number of hydroxylamine groups is 2. The van der Waals surface area contributed by atoms with Crippen molar-refractivity contribution in [1.82, 2.24) is 5.48 Å². The third-order valence-electron chi connectivity index (χ3n) is 5.53. The van der Waals surface area contributed by atoms with Crippen LogP contribution < -0.4 is 16.3 Å². The molecule has 7 heteroatoms. The van der Waals surface area contributed by atoms with E-state index in [0.29, 0.717) is 11.3 Å². The fourth-order valence-corrected chi connectivity index (χ4v) is 3.45. The second-order valence-electron chi connectivity index (χ2n) is 7.92. The molecular weight excluding hydrogens is 378 g/mol. The predicted molar refractivity (Wildman–Crippen MR) is 118 cm³/mol. The molecule has 1 atom stereocenters. The van der Waals surface area contributed by atoms with Gasteiger partial charge in [0.15, 0.2) is 0 Å². The molecule has 1 saturated carbocycles. The Hall–Kier alpha value is -2.82. The molecule has 2 heterocycles.